The molecule has 0 aromatic heterocycles. The molecule has 0 atom stereocenters. The highest BCUT2D eigenvalue weighted by Crippen LogP contribution is 2.30. The molecule has 0 bridgehead atoms. The maximum Gasteiger partial charge on any atom is 0.266 e. The van der Waals surface area contributed by atoms with Gasteiger partial charge in [-0.25, -0.2) is 0 Å². The number of nitrogens with zero attached hydrogens (tertiary/aromatic N) is 1. The Balaban J connectivity index is 1.38. The van der Waals surface area contributed by atoms with Crippen molar-refractivity contribution >= 4 is 52.5 Å². The first-order chi connectivity index (χ1) is 19.3. The Labute approximate surface area is 247 Å². The summed E-state index contributed by atoms with van der Waals surface area (Å²) in [6, 6.07) is 26.4. The Morgan fingerprint density at radius 2 is 1.65 bits per heavy atom. The minimum atomic E-state index is -0.552. The third kappa shape index (κ3) is 7.93. The zero-order valence-electron chi connectivity index (χ0n) is 21.3. The van der Waals surface area contributed by atoms with Crippen molar-refractivity contribution in [3.8, 4) is 23.3 Å². The van der Waals surface area contributed by atoms with Crippen molar-refractivity contribution < 1.29 is 19.0 Å². The van der Waals surface area contributed by atoms with Crippen LogP contribution in [0.5, 0.6) is 17.2 Å². The number of anilines is 1. The molecule has 0 heterocycles. The van der Waals surface area contributed by atoms with Crippen LogP contribution < -0.4 is 19.5 Å². The van der Waals surface area contributed by atoms with Gasteiger partial charge >= 0.3 is 0 Å². The molecule has 0 saturated carbocycles. The van der Waals surface area contributed by atoms with Crippen molar-refractivity contribution in [2.24, 2.45) is 0 Å². The SMILES string of the molecule is COc1cc(/C=C(\C#N)C(=O)Nc2ccc(OCc3ccc(Cl)cc3Cl)cc2)ccc1OCc1cccc(Cl)c1. The molecule has 4 rings (SSSR count). The second-order valence-electron chi connectivity index (χ2n) is 8.50. The molecule has 1 N–H and O–H groups in total. The van der Waals surface area contributed by atoms with Gasteiger partial charge in [-0.1, -0.05) is 59.1 Å². The van der Waals surface area contributed by atoms with Crippen molar-refractivity contribution in [3.05, 3.63) is 122 Å². The maximum atomic E-state index is 12.8. The molecule has 6 nitrogen and oxygen atoms in total. The van der Waals surface area contributed by atoms with Crippen molar-refractivity contribution in [1.82, 2.24) is 0 Å². The molecule has 0 radical (unpaired) electrons. The van der Waals surface area contributed by atoms with Crippen LogP contribution in [0.3, 0.4) is 0 Å². The summed E-state index contributed by atoms with van der Waals surface area (Å²) in [5.74, 6) is 1.02. The Kier molecular flexibility index (Phi) is 9.93. The highest BCUT2D eigenvalue weighted by molar-refractivity contribution is 6.35. The molecule has 4 aromatic rings. The second-order valence-corrected chi connectivity index (χ2v) is 9.78. The highest BCUT2D eigenvalue weighted by Gasteiger charge is 2.12. The lowest BCUT2D eigenvalue weighted by molar-refractivity contribution is -0.112. The van der Waals surface area contributed by atoms with E-state index in [2.05, 4.69) is 5.32 Å². The van der Waals surface area contributed by atoms with E-state index in [4.69, 9.17) is 49.0 Å². The summed E-state index contributed by atoms with van der Waals surface area (Å²) in [5, 5.41) is 14.0. The van der Waals surface area contributed by atoms with Crippen LogP contribution in [-0.2, 0) is 18.0 Å². The number of hydrogen-bond donors (Lipinski definition) is 1. The standard InChI is InChI=1S/C31H23Cl3N2O4/c1-38-30-15-20(5-12-29(30)40-18-21-3-2-4-24(32)14-21)13-23(17-35)31(37)36-26-8-10-27(11-9-26)39-19-22-6-7-25(33)16-28(22)34/h2-16H,18-19H2,1H3,(H,36,37)/b23-13+. The van der Waals surface area contributed by atoms with Crippen LogP contribution in [-0.4, -0.2) is 13.0 Å². The number of amides is 1. The monoisotopic (exact) mass is 592 g/mol. The number of methoxy groups -OCH3 is 1. The lowest BCUT2D eigenvalue weighted by Crippen LogP contribution is -2.13. The van der Waals surface area contributed by atoms with Gasteiger partial charge < -0.3 is 19.5 Å². The fourth-order valence-electron chi connectivity index (χ4n) is 3.63. The summed E-state index contributed by atoms with van der Waals surface area (Å²) in [5.41, 5.74) is 2.73. The van der Waals surface area contributed by atoms with E-state index in [0.717, 1.165) is 11.1 Å². The van der Waals surface area contributed by atoms with Gasteiger partial charge in [0.1, 0.15) is 30.6 Å². The predicted molar refractivity (Wildman–Crippen MR) is 158 cm³/mol. The van der Waals surface area contributed by atoms with Crippen molar-refractivity contribution in [2.45, 2.75) is 13.2 Å². The van der Waals surface area contributed by atoms with E-state index in [1.807, 2.05) is 24.3 Å². The fraction of sp³-hybridized carbons (Fsp3) is 0.0968. The Hall–Kier alpha value is -4.15. The lowest BCUT2D eigenvalue weighted by Gasteiger charge is -2.12. The number of benzene rings is 4. The number of carbonyl (C=O) groups is 1. The predicted octanol–water partition coefficient (Wildman–Crippen LogP) is 8.36. The smallest absolute Gasteiger partial charge is 0.266 e. The number of ether oxygens (including phenoxy) is 3. The number of nitriles is 1. The Bertz CT molecular complexity index is 1580. The van der Waals surface area contributed by atoms with E-state index < -0.39 is 5.91 Å². The summed E-state index contributed by atoms with van der Waals surface area (Å²) < 4.78 is 17.1. The van der Waals surface area contributed by atoms with Crippen LogP contribution in [0.15, 0.2) is 90.5 Å². The van der Waals surface area contributed by atoms with E-state index >= 15 is 0 Å². The summed E-state index contributed by atoms with van der Waals surface area (Å²) in [7, 11) is 1.52. The number of hydrogen-bond acceptors (Lipinski definition) is 5. The molecule has 0 unspecified atom stereocenters. The van der Waals surface area contributed by atoms with Gasteiger partial charge in [0.2, 0.25) is 0 Å². The van der Waals surface area contributed by atoms with Gasteiger partial charge in [0, 0.05) is 26.3 Å². The van der Waals surface area contributed by atoms with Crippen LogP contribution >= 0.6 is 34.8 Å². The van der Waals surface area contributed by atoms with Gasteiger partial charge in [-0.2, -0.15) is 5.26 Å². The number of rotatable bonds is 10. The first-order valence-electron chi connectivity index (χ1n) is 12.0. The summed E-state index contributed by atoms with van der Waals surface area (Å²) >= 11 is 18.1. The zero-order valence-corrected chi connectivity index (χ0v) is 23.6. The van der Waals surface area contributed by atoms with Gasteiger partial charge in [0.25, 0.3) is 5.91 Å². The summed E-state index contributed by atoms with van der Waals surface area (Å²) in [6.45, 7) is 0.563. The van der Waals surface area contributed by atoms with Gasteiger partial charge in [-0.15, -0.1) is 0 Å². The first-order valence-corrected chi connectivity index (χ1v) is 13.1. The van der Waals surface area contributed by atoms with Crippen LogP contribution in [0.4, 0.5) is 5.69 Å². The second kappa shape index (κ2) is 13.8. The van der Waals surface area contributed by atoms with Gasteiger partial charge in [-0.3, -0.25) is 4.79 Å². The number of halogens is 3. The van der Waals surface area contributed by atoms with E-state index in [1.165, 1.54) is 13.2 Å². The molecule has 1 amide bonds. The lowest BCUT2D eigenvalue weighted by atomic mass is 10.1. The fourth-order valence-corrected chi connectivity index (χ4v) is 4.30. The molecule has 202 valence electrons. The minimum absolute atomic E-state index is 0.0765. The van der Waals surface area contributed by atoms with E-state index in [-0.39, 0.29) is 12.2 Å². The third-order valence-electron chi connectivity index (χ3n) is 5.67. The number of carbonyl (C=O) groups excluding carboxylic acids is 1. The molecule has 0 fully saturated rings. The molecule has 9 heteroatoms. The first kappa shape index (κ1) is 28.8. The number of nitrogens with one attached hydrogen (secondary N) is 1. The largest absolute Gasteiger partial charge is 0.493 e. The third-order valence-corrected chi connectivity index (χ3v) is 6.49. The van der Waals surface area contributed by atoms with Gasteiger partial charge in [0.15, 0.2) is 11.5 Å². The maximum absolute atomic E-state index is 12.8. The van der Waals surface area contributed by atoms with Crippen molar-refractivity contribution in [2.75, 3.05) is 12.4 Å². The van der Waals surface area contributed by atoms with Crippen molar-refractivity contribution in [3.63, 3.8) is 0 Å². The molecule has 0 aliphatic rings. The topological polar surface area (TPSA) is 80.6 Å². The van der Waals surface area contributed by atoms with E-state index in [1.54, 1.807) is 66.7 Å². The quantitative estimate of drug-likeness (QED) is 0.148. The minimum Gasteiger partial charge on any atom is -0.493 e. The Morgan fingerprint density at radius 3 is 2.35 bits per heavy atom. The molecule has 0 saturated heterocycles. The molecule has 0 aliphatic carbocycles. The van der Waals surface area contributed by atoms with Crippen LogP contribution in [0.2, 0.25) is 15.1 Å². The molecular weight excluding hydrogens is 571 g/mol. The summed E-state index contributed by atoms with van der Waals surface area (Å²) in [4.78, 5) is 12.8. The average molecular weight is 594 g/mol. The van der Waals surface area contributed by atoms with Gasteiger partial charge in [0.05, 0.1) is 7.11 Å². The molecule has 0 aliphatic heterocycles. The van der Waals surface area contributed by atoms with Crippen LogP contribution in [0, 0.1) is 11.3 Å². The molecule has 40 heavy (non-hydrogen) atoms. The summed E-state index contributed by atoms with van der Waals surface area (Å²) in [6.07, 6.45) is 1.48. The molecule has 4 aromatic carbocycles. The molecule has 0 spiro atoms. The molecular formula is C31H23Cl3N2O4. The van der Waals surface area contributed by atoms with E-state index in [0.29, 0.717) is 50.2 Å². The van der Waals surface area contributed by atoms with Crippen LogP contribution in [0.1, 0.15) is 16.7 Å². The van der Waals surface area contributed by atoms with E-state index in [9.17, 15) is 10.1 Å². The van der Waals surface area contributed by atoms with Crippen molar-refractivity contribution in [1.29, 1.82) is 5.26 Å². The highest BCUT2D eigenvalue weighted by atomic mass is 35.5. The zero-order chi connectivity index (χ0) is 28.5. The average Bonchev–Trinajstić information content (AvgIpc) is 2.95. The Morgan fingerprint density at radius 1 is 0.875 bits per heavy atom. The van der Waals surface area contributed by atoms with Gasteiger partial charge in [-0.05, 0) is 77.9 Å². The van der Waals surface area contributed by atoms with Crippen LogP contribution in [0.25, 0.3) is 6.08 Å². The normalized spacial score (nSPS) is 10.9.